The second-order valence-electron chi connectivity index (χ2n) is 6.31. The summed E-state index contributed by atoms with van der Waals surface area (Å²) in [6, 6.07) is -0.0560. The molecule has 0 saturated carbocycles. The molecule has 1 fully saturated rings. The zero-order valence-electron chi connectivity index (χ0n) is 13.0. The van der Waals surface area contributed by atoms with Crippen LogP contribution in [0.2, 0.25) is 0 Å². The number of rotatable bonds is 5. The molecule has 0 spiro atoms. The Morgan fingerprint density at radius 3 is 2.10 bits per heavy atom. The third kappa shape index (κ3) is 3.71. The molecular formula is C13H28N4O2S. The minimum Gasteiger partial charge on any atom is -0.386 e. The molecule has 1 heterocycles. The van der Waals surface area contributed by atoms with Crippen molar-refractivity contribution in [3.8, 4) is 0 Å². The summed E-state index contributed by atoms with van der Waals surface area (Å²) in [6.07, 6.45) is 1.81. The monoisotopic (exact) mass is 304 g/mol. The fourth-order valence-corrected chi connectivity index (χ4v) is 3.87. The molecule has 0 aliphatic carbocycles. The van der Waals surface area contributed by atoms with E-state index in [0.29, 0.717) is 26.2 Å². The van der Waals surface area contributed by atoms with Crippen LogP contribution in [0.1, 0.15) is 40.5 Å². The van der Waals surface area contributed by atoms with Crippen molar-refractivity contribution in [2.45, 2.75) is 51.3 Å². The summed E-state index contributed by atoms with van der Waals surface area (Å²) in [5.41, 5.74) is 5.65. The quantitative estimate of drug-likeness (QED) is 0.581. The summed E-state index contributed by atoms with van der Waals surface area (Å²) in [5.74, 6) is 0.180. The van der Waals surface area contributed by atoms with Crippen LogP contribution in [0.4, 0.5) is 0 Å². The van der Waals surface area contributed by atoms with Crippen LogP contribution in [0.3, 0.4) is 0 Å². The maximum absolute atomic E-state index is 12.4. The minimum atomic E-state index is -3.26. The van der Waals surface area contributed by atoms with Crippen LogP contribution in [-0.2, 0) is 10.0 Å². The van der Waals surface area contributed by atoms with Crippen molar-refractivity contribution in [3.63, 3.8) is 0 Å². The number of nitrogens with two attached hydrogens (primary N) is 1. The SMILES string of the molecule is CCCC(C(=N)N)N1CCN(S(=O)(=O)C(C)(C)C)CC1. The van der Waals surface area contributed by atoms with E-state index in [1.54, 1.807) is 25.1 Å². The standard InChI is InChI=1S/C13H28N4O2S/c1-5-6-11(12(14)15)16-7-9-17(10-8-16)20(18,19)13(2,3)4/h11H,5-10H2,1-4H3,(H3,14,15). The molecule has 0 aromatic carbocycles. The van der Waals surface area contributed by atoms with E-state index >= 15 is 0 Å². The van der Waals surface area contributed by atoms with Crippen LogP contribution in [0, 0.1) is 5.41 Å². The van der Waals surface area contributed by atoms with Crippen molar-refractivity contribution < 1.29 is 8.42 Å². The topological polar surface area (TPSA) is 90.5 Å². The summed E-state index contributed by atoms with van der Waals surface area (Å²) in [5, 5.41) is 7.67. The van der Waals surface area contributed by atoms with Crippen molar-refractivity contribution >= 4 is 15.9 Å². The van der Waals surface area contributed by atoms with E-state index in [-0.39, 0.29) is 11.9 Å². The Hall–Kier alpha value is -0.660. The lowest BCUT2D eigenvalue weighted by Gasteiger charge is -2.40. The van der Waals surface area contributed by atoms with Gasteiger partial charge >= 0.3 is 0 Å². The molecule has 1 saturated heterocycles. The molecule has 0 bridgehead atoms. The van der Waals surface area contributed by atoms with Gasteiger partial charge in [0.1, 0.15) is 5.84 Å². The van der Waals surface area contributed by atoms with Gasteiger partial charge in [-0.05, 0) is 27.2 Å². The Balaban J connectivity index is 2.71. The van der Waals surface area contributed by atoms with Gasteiger partial charge in [-0.15, -0.1) is 0 Å². The van der Waals surface area contributed by atoms with Crippen LogP contribution >= 0.6 is 0 Å². The molecule has 1 unspecified atom stereocenters. The van der Waals surface area contributed by atoms with Crippen molar-refractivity contribution in [1.29, 1.82) is 5.41 Å². The van der Waals surface area contributed by atoms with Gasteiger partial charge < -0.3 is 5.73 Å². The van der Waals surface area contributed by atoms with Gasteiger partial charge in [-0.25, -0.2) is 8.42 Å². The maximum atomic E-state index is 12.4. The Morgan fingerprint density at radius 1 is 1.25 bits per heavy atom. The third-order valence-electron chi connectivity index (χ3n) is 3.75. The normalized spacial score (nSPS) is 20.8. The Kier molecular flexibility index (Phi) is 5.57. The lowest BCUT2D eigenvalue weighted by atomic mass is 10.1. The van der Waals surface area contributed by atoms with Crippen LogP contribution in [0.15, 0.2) is 0 Å². The van der Waals surface area contributed by atoms with Gasteiger partial charge in [0.25, 0.3) is 0 Å². The smallest absolute Gasteiger partial charge is 0.219 e. The first kappa shape index (κ1) is 17.4. The molecule has 20 heavy (non-hydrogen) atoms. The van der Waals surface area contributed by atoms with Crippen molar-refractivity contribution in [2.24, 2.45) is 5.73 Å². The number of nitrogens with zero attached hydrogens (tertiary/aromatic N) is 2. The van der Waals surface area contributed by atoms with Crippen LogP contribution in [0.5, 0.6) is 0 Å². The molecule has 0 amide bonds. The summed E-state index contributed by atoms with van der Waals surface area (Å²) in [4.78, 5) is 2.13. The molecule has 1 aliphatic rings. The number of hydrogen-bond donors (Lipinski definition) is 2. The molecule has 0 aromatic heterocycles. The second kappa shape index (κ2) is 6.41. The summed E-state index contributed by atoms with van der Waals surface area (Å²) >= 11 is 0. The molecule has 3 N–H and O–H groups in total. The van der Waals surface area contributed by atoms with E-state index < -0.39 is 14.8 Å². The molecule has 118 valence electrons. The molecule has 7 heteroatoms. The van der Waals surface area contributed by atoms with E-state index in [2.05, 4.69) is 11.8 Å². The van der Waals surface area contributed by atoms with E-state index in [9.17, 15) is 8.42 Å². The lowest BCUT2D eigenvalue weighted by Crippen LogP contribution is -2.57. The molecule has 0 radical (unpaired) electrons. The van der Waals surface area contributed by atoms with Gasteiger partial charge in [0.05, 0.1) is 10.8 Å². The van der Waals surface area contributed by atoms with E-state index in [1.807, 2.05) is 0 Å². The number of hydrogen-bond acceptors (Lipinski definition) is 4. The van der Waals surface area contributed by atoms with Crippen molar-refractivity contribution in [2.75, 3.05) is 26.2 Å². The van der Waals surface area contributed by atoms with E-state index in [1.165, 1.54) is 0 Å². The van der Waals surface area contributed by atoms with Crippen molar-refractivity contribution in [3.05, 3.63) is 0 Å². The molecule has 1 aliphatic heterocycles. The largest absolute Gasteiger partial charge is 0.386 e. The first-order valence-electron chi connectivity index (χ1n) is 7.19. The zero-order valence-corrected chi connectivity index (χ0v) is 13.8. The predicted molar refractivity (Wildman–Crippen MR) is 82.4 cm³/mol. The highest BCUT2D eigenvalue weighted by atomic mass is 32.2. The van der Waals surface area contributed by atoms with Gasteiger partial charge in [0, 0.05) is 26.2 Å². The molecule has 6 nitrogen and oxygen atoms in total. The average molecular weight is 304 g/mol. The summed E-state index contributed by atoms with van der Waals surface area (Å²) < 4.78 is 25.6. The zero-order chi connectivity index (χ0) is 15.6. The fourth-order valence-electron chi connectivity index (χ4n) is 2.45. The van der Waals surface area contributed by atoms with Crippen LogP contribution in [-0.4, -0.2) is 60.4 Å². The molecule has 0 aromatic rings. The Labute approximate surface area is 122 Å². The lowest BCUT2D eigenvalue weighted by molar-refractivity contribution is 0.159. The predicted octanol–water partition coefficient (Wildman–Crippen LogP) is 0.837. The van der Waals surface area contributed by atoms with Gasteiger partial charge in [-0.2, -0.15) is 4.31 Å². The maximum Gasteiger partial charge on any atom is 0.219 e. The number of piperazine rings is 1. The summed E-state index contributed by atoms with van der Waals surface area (Å²) in [7, 11) is -3.26. The average Bonchev–Trinajstić information content (AvgIpc) is 2.34. The van der Waals surface area contributed by atoms with Gasteiger partial charge in [-0.1, -0.05) is 13.3 Å². The number of amidine groups is 1. The fraction of sp³-hybridized carbons (Fsp3) is 0.923. The van der Waals surface area contributed by atoms with Crippen molar-refractivity contribution in [1.82, 2.24) is 9.21 Å². The number of sulfonamides is 1. The third-order valence-corrected chi connectivity index (χ3v) is 6.34. The van der Waals surface area contributed by atoms with Gasteiger partial charge in [0.2, 0.25) is 10.0 Å². The highest BCUT2D eigenvalue weighted by molar-refractivity contribution is 7.90. The molecule has 1 rings (SSSR count). The van der Waals surface area contributed by atoms with Gasteiger partial charge in [0.15, 0.2) is 0 Å². The Morgan fingerprint density at radius 2 is 1.75 bits per heavy atom. The first-order valence-corrected chi connectivity index (χ1v) is 8.63. The second-order valence-corrected chi connectivity index (χ2v) is 9.00. The Bertz CT molecular complexity index is 434. The van der Waals surface area contributed by atoms with Crippen LogP contribution < -0.4 is 5.73 Å². The first-order chi connectivity index (χ1) is 9.11. The number of nitrogens with one attached hydrogen (secondary N) is 1. The van der Waals surface area contributed by atoms with Crippen LogP contribution in [0.25, 0.3) is 0 Å². The van der Waals surface area contributed by atoms with Gasteiger partial charge in [-0.3, -0.25) is 10.3 Å². The highest BCUT2D eigenvalue weighted by Crippen LogP contribution is 2.22. The molecular weight excluding hydrogens is 276 g/mol. The highest BCUT2D eigenvalue weighted by Gasteiger charge is 2.37. The van der Waals surface area contributed by atoms with E-state index in [4.69, 9.17) is 11.1 Å². The minimum absolute atomic E-state index is 0.0560. The van der Waals surface area contributed by atoms with E-state index in [0.717, 1.165) is 12.8 Å². The summed E-state index contributed by atoms with van der Waals surface area (Å²) in [6.45, 7) is 9.48. The molecule has 1 atom stereocenters.